The molecule has 1 aliphatic heterocycles. The number of guanidine groups is 1. The number of nitrogens with one attached hydrogen (secondary N) is 2. The summed E-state index contributed by atoms with van der Waals surface area (Å²) in [4.78, 5) is 18.2. The van der Waals surface area contributed by atoms with E-state index < -0.39 is 0 Å². The van der Waals surface area contributed by atoms with Crippen LogP contribution >= 0.6 is 24.0 Å². The molecule has 1 amide bonds. The van der Waals surface area contributed by atoms with Crippen LogP contribution in [0.25, 0.3) is 0 Å². The molecule has 1 atom stereocenters. The zero-order valence-electron chi connectivity index (χ0n) is 16.0. The highest BCUT2D eigenvalue weighted by molar-refractivity contribution is 14.0. The Morgan fingerprint density at radius 2 is 2.15 bits per heavy atom. The van der Waals surface area contributed by atoms with Gasteiger partial charge in [-0.05, 0) is 43.9 Å². The molecular formula is C19H31IN4O2. The Bertz CT molecular complexity index is 587. The minimum absolute atomic E-state index is 0. The molecule has 1 aromatic rings. The van der Waals surface area contributed by atoms with Crippen molar-refractivity contribution < 1.29 is 9.53 Å². The molecule has 0 bridgehead atoms. The monoisotopic (exact) mass is 474 g/mol. The van der Waals surface area contributed by atoms with Crippen molar-refractivity contribution in [1.82, 2.24) is 15.5 Å². The number of hydrogen-bond donors (Lipinski definition) is 2. The van der Waals surface area contributed by atoms with Crippen LogP contribution in [0.2, 0.25) is 0 Å². The summed E-state index contributed by atoms with van der Waals surface area (Å²) < 4.78 is 5.61. The summed E-state index contributed by atoms with van der Waals surface area (Å²) >= 11 is 0. The molecular weight excluding hydrogens is 443 g/mol. The van der Waals surface area contributed by atoms with Gasteiger partial charge in [0, 0.05) is 39.4 Å². The molecule has 2 N–H and O–H groups in total. The molecule has 0 saturated carbocycles. The number of aliphatic imine (C=N–C) groups is 1. The summed E-state index contributed by atoms with van der Waals surface area (Å²) in [5.41, 5.74) is 1.86. The fourth-order valence-electron chi connectivity index (χ4n) is 2.77. The minimum atomic E-state index is 0. The number of ether oxygens (including phenoxy) is 1. The van der Waals surface area contributed by atoms with E-state index in [9.17, 15) is 4.79 Å². The molecule has 0 aliphatic carbocycles. The lowest BCUT2D eigenvalue weighted by atomic mass is 10.1. The highest BCUT2D eigenvalue weighted by Crippen LogP contribution is 2.11. The Morgan fingerprint density at radius 3 is 2.81 bits per heavy atom. The number of rotatable bonds is 7. The molecule has 0 radical (unpaired) electrons. The van der Waals surface area contributed by atoms with Crippen LogP contribution in [0.1, 0.15) is 35.7 Å². The maximum Gasteiger partial charge on any atom is 0.253 e. The first kappa shape index (κ1) is 22.7. The van der Waals surface area contributed by atoms with Crippen LogP contribution < -0.4 is 10.6 Å². The molecule has 0 aromatic heterocycles. The molecule has 26 heavy (non-hydrogen) atoms. The van der Waals surface area contributed by atoms with Crippen molar-refractivity contribution >= 4 is 35.8 Å². The summed E-state index contributed by atoms with van der Waals surface area (Å²) in [7, 11) is 3.54. The third-order valence-corrected chi connectivity index (χ3v) is 4.11. The number of benzene rings is 1. The Labute approximate surface area is 173 Å². The Morgan fingerprint density at radius 1 is 1.35 bits per heavy atom. The second-order valence-electron chi connectivity index (χ2n) is 6.43. The van der Waals surface area contributed by atoms with Gasteiger partial charge in [0.25, 0.3) is 5.91 Å². The van der Waals surface area contributed by atoms with Gasteiger partial charge in [-0.3, -0.25) is 9.79 Å². The number of carbonyl (C=O) groups excluding carboxylic acids is 1. The number of halogens is 1. The quantitative estimate of drug-likeness (QED) is 0.362. The van der Waals surface area contributed by atoms with Crippen LogP contribution in [0.5, 0.6) is 0 Å². The van der Waals surface area contributed by atoms with E-state index in [2.05, 4.69) is 22.5 Å². The van der Waals surface area contributed by atoms with E-state index in [1.54, 1.807) is 19.0 Å². The Balaban J connectivity index is 0.00000338. The van der Waals surface area contributed by atoms with Gasteiger partial charge in [-0.25, -0.2) is 0 Å². The molecule has 6 nitrogen and oxygen atoms in total. The van der Waals surface area contributed by atoms with Gasteiger partial charge in [-0.15, -0.1) is 24.0 Å². The SMILES string of the molecule is CCNC(=NCC1CCCO1)NCCc1cccc(C(=O)N(C)C)c1.I. The largest absolute Gasteiger partial charge is 0.376 e. The van der Waals surface area contributed by atoms with Crippen LogP contribution in [0.15, 0.2) is 29.3 Å². The fourth-order valence-corrected chi connectivity index (χ4v) is 2.77. The molecule has 146 valence electrons. The molecule has 1 heterocycles. The van der Waals surface area contributed by atoms with E-state index in [1.807, 2.05) is 24.3 Å². The fraction of sp³-hybridized carbons (Fsp3) is 0.579. The number of nitrogens with zero attached hydrogens (tertiary/aromatic N) is 2. The predicted molar refractivity (Wildman–Crippen MR) is 117 cm³/mol. The van der Waals surface area contributed by atoms with E-state index >= 15 is 0 Å². The molecule has 1 saturated heterocycles. The highest BCUT2D eigenvalue weighted by atomic mass is 127. The van der Waals surface area contributed by atoms with Crippen molar-refractivity contribution in [3.05, 3.63) is 35.4 Å². The first-order valence-electron chi connectivity index (χ1n) is 9.04. The van der Waals surface area contributed by atoms with Gasteiger partial charge in [0.2, 0.25) is 0 Å². The Hall–Kier alpha value is -1.35. The lowest BCUT2D eigenvalue weighted by Crippen LogP contribution is -2.39. The first-order chi connectivity index (χ1) is 12.1. The summed E-state index contributed by atoms with van der Waals surface area (Å²) in [5, 5.41) is 6.61. The third kappa shape index (κ3) is 7.49. The standard InChI is InChI=1S/C19H30N4O2.HI/c1-4-20-19(22-14-17-9-6-12-25-17)21-11-10-15-7-5-8-16(13-15)18(24)23(2)3;/h5,7-8,13,17H,4,6,9-12,14H2,1-3H3,(H2,20,21,22);1H. The molecule has 0 spiro atoms. The smallest absolute Gasteiger partial charge is 0.253 e. The van der Waals surface area contributed by atoms with E-state index in [0.717, 1.165) is 56.0 Å². The van der Waals surface area contributed by atoms with E-state index in [1.165, 1.54) is 0 Å². The lowest BCUT2D eigenvalue weighted by molar-refractivity contribution is 0.0827. The van der Waals surface area contributed by atoms with Crippen molar-refractivity contribution in [2.75, 3.05) is 40.3 Å². The summed E-state index contributed by atoms with van der Waals surface area (Å²) in [6, 6.07) is 7.79. The molecule has 2 rings (SSSR count). The third-order valence-electron chi connectivity index (χ3n) is 4.11. The van der Waals surface area contributed by atoms with E-state index in [4.69, 9.17) is 4.74 Å². The summed E-state index contributed by atoms with van der Waals surface area (Å²) in [6.07, 6.45) is 3.31. The van der Waals surface area contributed by atoms with Crippen molar-refractivity contribution in [2.45, 2.75) is 32.3 Å². The van der Waals surface area contributed by atoms with Crippen LogP contribution in [0, 0.1) is 0 Å². The molecule has 1 unspecified atom stereocenters. The zero-order valence-corrected chi connectivity index (χ0v) is 18.3. The summed E-state index contributed by atoms with van der Waals surface area (Å²) in [5.74, 6) is 0.847. The predicted octanol–water partition coefficient (Wildman–Crippen LogP) is 2.28. The molecule has 1 aromatic carbocycles. The minimum Gasteiger partial charge on any atom is -0.376 e. The van der Waals surface area contributed by atoms with Crippen LogP contribution in [-0.2, 0) is 11.2 Å². The topological polar surface area (TPSA) is 66.0 Å². The molecule has 1 aliphatic rings. The first-order valence-corrected chi connectivity index (χ1v) is 9.04. The van der Waals surface area contributed by atoms with Gasteiger partial charge in [-0.1, -0.05) is 12.1 Å². The van der Waals surface area contributed by atoms with Crippen molar-refractivity contribution in [3.63, 3.8) is 0 Å². The normalized spacial score (nSPS) is 16.7. The average Bonchev–Trinajstić information content (AvgIpc) is 3.12. The van der Waals surface area contributed by atoms with Gasteiger partial charge >= 0.3 is 0 Å². The van der Waals surface area contributed by atoms with E-state index in [0.29, 0.717) is 6.54 Å². The summed E-state index contributed by atoms with van der Waals surface area (Å²) in [6.45, 7) is 5.19. The number of carbonyl (C=O) groups is 1. The van der Waals surface area contributed by atoms with E-state index in [-0.39, 0.29) is 36.0 Å². The number of hydrogen-bond acceptors (Lipinski definition) is 3. The van der Waals surface area contributed by atoms with Gasteiger partial charge in [-0.2, -0.15) is 0 Å². The van der Waals surface area contributed by atoms with Crippen molar-refractivity contribution in [3.8, 4) is 0 Å². The maximum absolute atomic E-state index is 12.0. The van der Waals surface area contributed by atoms with Crippen LogP contribution in [-0.4, -0.2) is 63.2 Å². The Kier molecular flexibility index (Phi) is 10.6. The molecule has 7 heteroatoms. The highest BCUT2D eigenvalue weighted by Gasteiger charge is 2.14. The van der Waals surface area contributed by atoms with Crippen LogP contribution in [0.3, 0.4) is 0 Å². The second kappa shape index (κ2) is 12.1. The lowest BCUT2D eigenvalue weighted by Gasteiger charge is -2.14. The van der Waals surface area contributed by atoms with Crippen LogP contribution in [0.4, 0.5) is 0 Å². The van der Waals surface area contributed by atoms with Gasteiger partial charge in [0.1, 0.15) is 0 Å². The molecule has 1 fully saturated rings. The van der Waals surface area contributed by atoms with Gasteiger partial charge < -0.3 is 20.3 Å². The second-order valence-corrected chi connectivity index (χ2v) is 6.43. The zero-order chi connectivity index (χ0) is 18.1. The average molecular weight is 474 g/mol. The van der Waals surface area contributed by atoms with Gasteiger partial charge in [0.15, 0.2) is 5.96 Å². The van der Waals surface area contributed by atoms with Crippen molar-refractivity contribution in [1.29, 1.82) is 0 Å². The van der Waals surface area contributed by atoms with Crippen molar-refractivity contribution in [2.24, 2.45) is 4.99 Å². The number of amides is 1. The van der Waals surface area contributed by atoms with Gasteiger partial charge in [0.05, 0.1) is 12.6 Å². The maximum atomic E-state index is 12.0.